The van der Waals surface area contributed by atoms with E-state index in [-0.39, 0.29) is 19.1 Å². The van der Waals surface area contributed by atoms with Crippen LogP contribution >= 0.6 is 11.8 Å². The fourth-order valence-electron chi connectivity index (χ4n) is 1.91. The number of carboxylic acids is 1. The number of nitrogens with zero attached hydrogens (tertiary/aromatic N) is 1. The molecule has 0 saturated carbocycles. The van der Waals surface area contributed by atoms with E-state index in [0.717, 1.165) is 0 Å². The molecule has 6 nitrogen and oxygen atoms in total. The molecule has 1 aliphatic heterocycles. The summed E-state index contributed by atoms with van der Waals surface area (Å²) < 4.78 is 5.11. The standard InChI is InChI=1S/C12H14N2O4S/c1-19-11-7(3-2-4-13-11)10(15)14-9-6-18-5-8(9)12(16)17/h2-4,8-9H,5-6H2,1H3,(H,14,15)(H,16,17). The maximum Gasteiger partial charge on any atom is 0.311 e. The molecule has 2 unspecified atom stereocenters. The first kappa shape index (κ1) is 13.8. The fraction of sp³-hybridized carbons (Fsp3) is 0.417. The molecule has 2 heterocycles. The van der Waals surface area contributed by atoms with Crippen LogP contribution in [0.5, 0.6) is 0 Å². The lowest BCUT2D eigenvalue weighted by molar-refractivity contribution is -0.142. The topological polar surface area (TPSA) is 88.5 Å². The molecule has 2 rings (SSSR count). The van der Waals surface area contributed by atoms with Crippen molar-refractivity contribution >= 4 is 23.6 Å². The molecule has 1 aliphatic rings. The minimum absolute atomic E-state index is 0.128. The third-order valence-electron chi connectivity index (χ3n) is 2.92. The lowest BCUT2D eigenvalue weighted by atomic mass is 10.0. The van der Waals surface area contributed by atoms with Gasteiger partial charge in [-0.2, -0.15) is 0 Å². The van der Waals surface area contributed by atoms with Crippen molar-refractivity contribution in [2.45, 2.75) is 11.1 Å². The monoisotopic (exact) mass is 282 g/mol. The van der Waals surface area contributed by atoms with Gasteiger partial charge in [-0.15, -0.1) is 11.8 Å². The quantitative estimate of drug-likeness (QED) is 0.788. The molecule has 1 saturated heterocycles. The molecule has 2 N–H and O–H groups in total. The summed E-state index contributed by atoms with van der Waals surface area (Å²) in [5, 5.41) is 12.3. The highest BCUT2D eigenvalue weighted by molar-refractivity contribution is 7.98. The second-order valence-corrected chi connectivity index (χ2v) is 4.92. The van der Waals surface area contributed by atoms with Crippen molar-refractivity contribution < 1.29 is 19.4 Å². The Morgan fingerprint density at radius 2 is 2.32 bits per heavy atom. The number of carboxylic acid groups (broad SMARTS) is 1. The van der Waals surface area contributed by atoms with Crippen LogP contribution in [0, 0.1) is 5.92 Å². The second kappa shape index (κ2) is 6.03. The van der Waals surface area contributed by atoms with Crippen molar-refractivity contribution in [3.05, 3.63) is 23.9 Å². The Balaban J connectivity index is 2.10. The molecule has 0 bridgehead atoms. The number of amides is 1. The van der Waals surface area contributed by atoms with Gasteiger partial charge < -0.3 is 15.2 Å². The summed E-state index contributed by atoms with van der Waals surface area (Å²) in [5.41, 5.74) is 0.450. The molecule has 0 radical (unpaired) electrons. The van der Waals surface area contributed by atoms with Crippen LogP contribution in [0.1, 0.15) is 10.4 Å². The maximum absolute atomic E-state index is 12.1. The molecule has 0 aromatic carbocycles. The van der Waals surface area contributed by atoms with E-state index in [1.165, 1.54) is 11.8 Å². The maximum atomic E-state index is 12.1. The van der Waals surface area contributed by atoms with Crippen LogP contribution in [-0.4, -0.2) is 47.5 Å². The molecule has 1 amide bonds. The van der Waals surface area contributed by atoms with Gasteiger partial charge in [0.2, 0.25) is 0 Å². The molecule has 0 aliphatic carbocycles. The van der Waals surface area contributed by atoms with Crippen molar-refractivity contribution in [3.8, 4) is 0 Å². The van der Waals surface area contributed by atoms with E-state index < -0.39 is 17.9 Å². The molecule has 19 heavy (non-hydrogen) atoms. The first-order valence-electron chi connectivity index (χ1n) is 5.74. The number of hydrogen-bond donors (Lipinski definition) is 2. The van der Waals surface area contributed by atoms with Crippen molar-refractivity contribution in [2.24, 2.45) is 5.92 Å². The van der Waals surface area contributed by atoms with E-state index in [0.29, 0.717) is 10.6 Å². The molecule has 1 aromatic rings. The Bertz CT molecular complexity index is 494. The minimum Gasteiger partial charge on any atom is -0.481 e. The average Bonchev–Trinajstić information content (AvgIpc) is 2.87. The molecule has 2 atom stereocenters. The first-order chi connectivity index (χ1) is 9.13. The van der Waals surface area contributed by atoms with Crippen LogP contribution in [0.3, 0.4) is 0 Å². The molecule has 1 aromatic heterocycles. The summed E-state index contributed by atoms with van der Waals surface area (Å²) >= 11 is 1.37. The lowest BCUT2D eigenvalue weighted by Gasteiger charge is -2.16. The minimum atomic E-state index is -0.959. The van der Waals surface area contributed by atoms with Crippen LogP contribution in [0.25, 0.3) is 0 Å². The van der Waals surface area contributed by atoms with Crippen LogP contribution in [0.4, 0.5) is 0 Å². The summed E-state index contributed by atoms with van der Waals surface area (Å²) in [6, 6.07) is 2.84. The molecule has 1 fully saturated rings. The number of rotatable bonds is 4. The third-order valence-corrected chi connectivity index (χ3v) is 3.64. The molecule has 102 valence electrons. The summed E-state index contributed by atoms with van der Waals surface area (Å²) in [6.45, 7) is 0.347. The molecule has 0 spiro atoms. The van der Waals surface area contributed by atoms with Gasteiger partial charge in [0, 0.05) is 6.20 Å². The zero-order valence-electron chi connectivity index (χ0n) is 10.3. The van der Waals surface area contributed by atoms with Gasteiger partial charge in [0.25, 0.3) is 5.91 Å². The number of carbonyl (C=O) groups excluding carboxylic acids is 1. The van der Waals surface area contributed by atoms with Crippen molar-refractivity contribution in [1.29, 1.82) is 0 Å². The van der Waals surface area contributed by atoms with Gasteiger partial charge in [-0.1, -0.05) is 0 Å². The van der Waals surface area contributed by atoms with Gasteiger partial charge in [-0.05, 0) is 18.4 Å². The van der Waals surface area contributed by atoms with Gasteiger partial charge in [-0.25, -0.2) is 4.98 Å². The Morgan fingerprint density at radius 3 is 3.00 bits per heavy atom. The van der Waals surface area contributed by atoms with Gasteiger partial charge in [0.05, 0.1) is 24.8 Å². The van der Waals surface area contributed by atoms with Gasteiger partial charge in [0.1, 0.15) is 10.9 Å². The number of hydrogen-bond acceptors (Lipinski definition) is 5. The largest absolute Gasteiger partial charge is 0.481 e. The predicted molar refractivity (Wildman–Crippen MR) is 69.2 cm³/mol. The smallest absolute Gasteiger partial charge is 0.311 e. The van der Waals surface area contributed by atoms with Crippen LogP contribution in [-0.2, 0) is 9.53 Å². The highest BCUT2D eigenvalue weighted by Gasteiger charge is 2.35. The predicted octanol–water partition coefficient (Wildman–Crippen LogP) is 0.633. The highest BCUT2D eigenvalue weighted by Crippen LogP contribution is 2.19. The first-order valence-corrected chi connectivity index (χ1v) is 6.96. The van der Waals surface area contributed by atoms with Gasteiger partial charge in [-0.3, -0.25) is 9.59 Å². The summed E-state index contributed by atoms with van der Waals surface area (Å²) in [4.78, 5) is 27.2. The SMILES string of the molecule is CSc1ncccc1C(=O)NC1COCC1C(=O)O. The van der Waals surface area contributed by atoms with Gasteiger partial charge in [0.15, 0.2) is 0 Å². The van der Waals surface area contributed by atoms with Crippen LogP contribution < -0.4 is 5.32 Å². The number of aromatic nitrogens is 1. The Kier molecular flexibility index (Phi) is 4.39. The van der Waals surface area contributed by atoms with Gasteiger partial charge >= 0.3 is 5.97 Å². The molecule has 7 heteroatoms. The van der Waals surface area contributed by atoms with E-state index in [9.17, 15) is 9.59 Å². The van der Waals surface area contributed by atoms with Crippen LogP contribution in [0.2, 0.25) is 0 Å². The lowest BCUT2D eigenvalue weighted by Crippen LogP contribution is -2.42. The zero-order chi connectivity index (χ0) is 13.8. The van der Waals surface area contributed by atoms with E-state index in [4.69, 9.17) is 9.84 Å². The van der Waals surface area contributed by atoms with Crippen molar-refractivity contribution in [1.82, 2.24) is 10.3 Å². The number of ether oxygens (including phenoxy) is 1. The zero-order valence-corrected chi connectivity index (χ0v) is 11.1. The normalized spacial score (nSPS) is 22.2. The Labute approximate surface area is 114 Å². The number of thioether (sulfide) groups is 1. The highest BCUT2D eigenvalue weighted by atomic mass is 32.2. The van der Waals surface area contributed by atoms with E-state index in [2.05, 4.69) is 10.3 Å². The summed E-state index contributed by atoms with van der Waals surface area (Å²) in [7, 11) is 0. The van der Waals surface area contributed by atoms with E-state index in [1.54, 1.807) is 18.3 Å². The molecular weight excluding hydrogens is 268 g/mol. The Hall–Kier alpha value is -1.60. The number of carbonyl (C=O) groups is 2. The van der Waals surface area contributed by atoms with E-state index >= 15 is 0 Å². The van der Waals surface area contributed by atoms with Crippen molar-refractivity contribution in [2.75, 3.05) is 19.5 Å². The second-order valence-electron chi connectivity index (χ2n) is 4.12. The number of nitrogens with one attached hydrogen (secondary N) is 1. The van der Waals surface area contributed by atoms with E-state index in [1.807, 2.05) is 6.26 Å². The number of aliphatic carboxylic acids is 1. The average molecular weight is 282 g/mol. The van der Waals surface area contributed by atoms with Crippen LogP contribution in [0.15, 0.2) is 23.4 Å². The number of pyridine rings is 1. The molecular formula is C12H14N2O4S. The third kappa shape index (κ3) is 3.05. The fourth-order valence-corrected chi connectivity index (χ4v) is 2.46. The summed E-state index contributed by atoms with van der Waals surface area (Å²) in [5.74, 6) is -1.98. The van der Waals surface area contributed by atoms with Crippen molar-refractivity contribution in [3.63, 3.8) is 0 Å². The summed E-state index contributed by atoms with van der Waals surface area (Å²) in [6.07, 6.45) is 3.44. The Morgan fingerprint density at radius 1 is 1.53 bits per heavy atom.